The van der Waals surface area contributed by atoms with Crippen molar-refractivity contribution in [2.24, 2.45) is 5.92 Å². The van der Waals surface area contributed by atoms with Crippen LogP contribution in [0.15, 0.2) is 41.0 Å². The Kier molecular flexibility index (Phi) is 4.95. The lowest BCUT2D eigenvalue weighted by molar-refractivity contribution is 0.308. The van der Waals surface area contributed by atoms with Gasteiger partial charge in [-0.3, -0.25) is 4.98 Å². The fourth-order valence-corrected chi connectivity index (χ4v) is 3.23. The minimum absolute atomic E-state index is 0.553. The van der Waals surface area contributed by atoms with E-state index in [0.29, 0.717) is 12.5 Å². The van der Waals surface area contributed by atoms with Gasteiger partial charge in [0.15, 0.2) is 0 Å². The number of nitrogens with zero attached hydrogens (tertiary/aromatic N) is 2. The summed E-state index contributed by atoms with van der Waals surface area (Å²) in [6, 6.07) is 10.2. The van der Waals surface area contributed by atoms with Crippen molar-refractivity contribution < 1.29 is 4.74 Å². The van der Waals surface area contributed by atoms with E-state index >= 15 is 0 Å². The molecule has 3 nitrogen and oxygen atoms in total. The average Bonchev–Trinajstić information content (AvgIpc) is 2.80. The predicted molar refractivity (Wildman–Crippen MR) is 103 cm³/mol. The van der Waals surface area contributed by atoms with Gasteiger partial charge in [-0.2, -0.15) is 0 Å². The smallest absolute Gasteiger partial charge is 0.147 e. The van der Waals surface area contributed by atoms with Crippen LogP contribution in [0.25, 0.3) is 11.0 Å². The van der Waals surface area contributed by atoms with Crippen LogP contribution in [0, 0.1) is 19.8 Å². The minimum Gasteiger partial charge on any atom is -0.487 e. The minimum atomic E-state index is 0.553. The summed E-state index contributed by atoms with van der Waals surface area (Å²) >= 11 is 3.46. The van der Waals surface area contributed by atoms with Gasteiger partial charge in [0.1, 0.15) is 17.9 Å². The molecule has 126 valence electrons. The van der Waals surface area contributed by atoms with Crippen LogP contribution in [-0.2, 0) is 13.2 Å². The monoisotopic (exact) mass is 386 g/mol. The molecule has 0 amide bonds. The highest BCUT2D eigenvalue weighted by Gasteiger charge is 2.17. The van der Waals surface area contributed by atoms with E-state index in [1.165, 1.54) is 11.3 Å². The van der Waals surface area contributed by atoms with E-state index in [1.807, 2.05) is 24.4 Å². The van der Waals surface area contributed by atoms with Crippen molar-refractivity contribution in [1.82, 2.24) is 9.55 Å². The summed E-state index contributed by atoms with van der Waals surface area (Å²) in [5.74, 6) is 1.47. The van der Waals surface area contributed by atoms with Gasteiger partial charge in [0.2, 0.25) is 0 Å². The number of ether oxygens (including phenoxy) is 1. The third-order valence-corrected chi connectivity index (χ3v) is 4.84. The summed E-state index contributed by atoms with van der Waals surface area (Å²) in [4.78, 5) is 4.59. The Balaban J connectivity index is 1.98. The van der Waals surface area contributed by atoms with Crippen LogP contribution in [0.1, 0.15) is 30.7 Å². The summed E-state index contributed by atoms with van der Waals surface area (Å²) in [5.41, 5.74) is 5.81. The first-order valence-corrected chi connectivity index (χ1v) is 9.08. The van der Waals surface area contributed by atoms with Gasteiger partial charge in [-0.25, -0.2) is 0 Å². The zero-order valence-electron chi connectivity index (χ0n) is 14.6. The van der Waals surface area contributed by atoms with Gasteiger partial charge < -0.3 is 9.30 Å². The molecule has 0 fully saturated rings. The van der Waals surface area contributed by atoms with Crippen LogP contribution in [0.3, 0.4) is 0 Å². The van der Waals surface area contributed by atoms with E-state index < -0.39 is 0 Å². The molecule has 0 spiro atoms. The maximum atomic E-state index is 6.16. The lowest BCUT2D eigenvalue weighted by atomic mass is 10.2. The molecule has 24 heavy (non-hydrogen) atoms. The van der Waals surface area contributed by atoms with E-state index in [4.69, 9.17) is 4.74 Å². The molecule has 0 saturated carbocycles. The van der Waals surface area contributed by atoms with E-state index in [1.54, 1.807) is 0 Å². The number of hydrogen-bond acceptors (Lipinski definition) is 2. The summed E-state index contributed by atoms with van der Waals surface area (Å²) in [5, 5.41) is 0. The summed E-state index contributed by atoms with van der Waals surface area (Å²) < 4.78 is 9.58. The molecule has 3 aromatic rings. The van der Waals surface area contributed by atoms with E-state index in [-0.39, 0.29) is 0 Å². The first kappa shape index (κ1) is 17.0. The third-order valence-electron chi connectivity index (χ3n) is 4.32. The van der Waals surface area contributed by atoms with Crippen LogP contribution in [0.2, 0.25) is 0 Å². The van der Waals surface area contributed by atoms with E-state index in [0.717, 1.165) is 33.4 Å². The fourth-order valence-electron chi connectivity index (χ4n) is 2.96. The van der Waals surface area contributed by atoms with Gasteiger partial charge >= 0.3 is 0 Å². The van der Waals surface area contributed by atoms with Crippen molar-refractivity contribution in [3.63, 3.8) is 0 Å². The van der Waals surface area contributed by atoms with Crippen molar-refractivity contribution in [3.8, 4) is 5.75 Å². The quantitative estimate of drug-likeness (QED) is 0.566. The molecule has 0 aliphatic carbocycles. The molecule has 0 aliphatic rings. The number of hydrogen-bond donors (Lipinski definition) is 0. The molecule has 0 N–H and O–H groups in total. The van der Waals surface area contributed by atoms with Crippen molar-refractivity contribution >= 4 is 27.0 Å². The lowest BCUT2D eigenvalue weighted by Crippen LogP contribution is -2.07. The van der Waals surface area contributed by atoms with Gasteiger partial charge in [-0.05, 0) is 43.0 Å². The number of benzene rings is 1. The zero-order valence-corrected chi connectivity index (χ0v) is 16.2. The summed E-state index contributed by atoms with van der Waals surface area (Å²) in [6.45, 7) is 10.3. The van der Waals surface area contributed by atoms with Gasteiger partial charge in [0.25, 0.3) is 0 Å². The normalized spacial score (nSPS) is 11.4. The molecular formula is C20H23BrN2O. The number of pyridine rings is 1. The van der Waals surface area contributed by atoms with Crippen molar-refractivity contribution in [3.05, 3.63) is 57.8 Å². The van der Waals surface area contributed by atoms with Crippen LogP contribution < -0.4 is 4.74 Å². The molecule has 3 rings (SSSR count). The Morgan fingerprint density at radius 1 is 1.12 bits per heavy atom. The molecule has 0 radical (unpaired) electrons. The number of aromatic nitrogens is 2. The van der Waals surface area contributed by atoms with Gasteiger partial charge in [0, 0.05) is 29.0 Å². The maximum absolute atomic E-state index is 6.16. The summed E-state index contributed by atoms with van der Waals surface area (Å²) in [6.07, 6.45) is 1.84. The molecule has 4 heteroatoms. The highest BCUT2D eigenvalue weighted by Crippen LogP contribution is 2.32. The van der Waals surface area contributed by atoms with Crippen molar-refractivity contribution in [2.45, 2.75) is 40.8 Å². The Labute approximate surface area is 151 Å². The second kappa shape index (κ2) is 6.98. The highest BCUT2D eigenvalue weighted by molar-refractivity contribution is 9.10. The molecular weight excluding hydrogens is 364 g/mol. The van der Waals surface area contributed by atoms with Crippen LogP contribution >= 0.6 is 15.9 Å². The maximum Gasteiger partial charge on any atom is 0.147 e. The first-order valence-electron chi connectivity index (χ1n) is 8.29. The SMILES string of the molecule is Cc1c(C)n(CC(C)C)c2c(OCc3ccc(Br)cc3)ccnc12. The largest absolute Gasteiger partial charge is 0.487 e. The molecule has 2 aromatic heterocycles. The fraction of sp³-hybridized carbons (Fsp3) is 0.350. The Hall–Kier alpha value is -1.81. The molecule has 0 unspecified atom stereocenters. The molecule has 0 bridgehead atoms. The lowest BCUT2D eigenvalue weighted by Gasteiger charge is -2.14. The number of aryl methyl sites for hydroxylation is 1. The molecule has 0 aliphatic heterocycles. The standard InChI is InChI=1S/C20H23BrN2O/c1-13(2)11-23-15(4)14(3)19-20(23)18(9-10-22-19)24-12-16-5-7-17(21)8-6-16/h5-10,13H,11-12H2,1-4H3. The highest BCUT2D eigenvalue weighted by atomic mass is 79.9. The molecule has 0 atom stereocenters. The van der Waals surface area contributed by atoms with Gasteiger partial charge in [-0.1, -0.05) is 41.9 Å². The first-order chi connectivity index (χ1) is 11.5. The summed E-state index contributed by atoms with van der Waals surface area (Å²) in [7, 11) is 0. The van der Waals surface area contributed by atoms with E-state index in [9.17, 15) is 0 Å². The second-order valence-corrected chi connectivity index (χ2v) is 7.55. The van der Waals surface area contributed by atoms with Gasteiger partial charge in [0.05, 0.1) is 5.52 Å². The third kappa shape index (κ3) is 3.34. The topological polar surface area (TPSA) is 27.1 Å². The molecule has 2 heterocycles. The van der Waals surface area contributed by atoms with Gasteiger partial charge in [-0.15, -0.1) is 0 Å². The van der Waals surface area contributed by atoms with Crippen LogP contribution in [-0.4, -0.2) is 9.55 Å². The van der Waals surface area contributed by atoms with Crippen molar-refractivity contribution in [1.29, 1.82) is 0 Å². The number of fused-ring (bicyclic) bond motifs is 1. The molecule has 1 aromatic carbocycles. The van der Waals surface area contributed by atoms with Crippen LogP contribution in [0.4, 0.5) is 0 Å². The predicted octanol–water partition coefficient (Wildman–Crippen LogP) is 5.65. The van der Waals surface area contributed by atoms with E-state index in [2.05, 4.69) is 65.3 Å². The Morgan fingerprint density at radius 2 is 1.83 bits per heavy atom. The Bertz CT molecular complexity index is 850. The van der Waals surface area contributed by atoms with Crippen LogP contribution in [0.5, 0.6) is 5.75 Å². The average molecular weight is 387 g/mol. The second-order valence-electron chi connectivity index (χ2n) is 6.64. The molecule has 0 saturated heterocycles. The number of rotatable bonds is 5. The van der Waals surface area contributed by atoms with Crippen molar-refractivity contribution in [2.75, 3.05) is 0 Å². The number of halogens is 1. The zero-order chi connectivity index (χ0) is 17.3. The Morgan fingerprint density at radius 3 is 2.50 bits per heavy atom.